The van der Waals surface area contributed by atoms with Crippen LogP contribution in [0.4, 0.5) is 0 Å². The molecule has 0 radical (unpaired) electrons. The number of hydrogen-bond acceptors (Lipinski definition) is 3. The summed E-state index contributed by atoms with van der Waals surface area (Å²) in [6.45, 7) is 2.09. The first-order valence-corrected chi connectivity index (χ1v) is 6.03. The van der Waals surface area contributed by atoms with Gasteiger partial charge in [0.15, 0.2) is 0 Å². The highest BCUT2D eigenvalue weighted by Gasteiger charge is 2.22. The summed E-state index contributed by atoms with van der Waals surface area (Å²) in [7, 11) is 1.54. The first kappa shape index (κ1) is 13.3. The van der Waals surface area contributed by atoms with Gasteiger partial charge in [-0.25, -0.2) is 0 Å². The molecular weight excluding hydrogens is 295 g/mol. The maximum Gasteiger partial charge on any atom is 0.324 e. The number of esters is 1. The molecule has 16 heavy (non-hydrogen) atoms. The highest BCUT2D eigenvalue weighted by molar-refractivity contribution is 9.09. The van der Waals surface area contributed by atoms with Crippen LogP contribution in [0.1, 0.15) is 17.3 Å². The van der Waals surface area contributed by atoms with Crippen LogP contribution in [0.3, 0.4) is 0 Å². The Kier molecular flexibility index (Phi) is 5.09. The van der Waals surface area contributed by atoms with Gasteiger partial charge in [-0.3, -0.25) is 4.79 Å². The Hall–Kier alpha value is -0.740. The summed E-state index contributed by atoms with van der Waals surface area (Å²) in [4.78, 5) is 11.0. The van der Waals surface area contributed by atoms with Crippen LogP contribution in [0.25, 0.3) is 0 Å². The first-order valence-electron chi connectivity index (χ1n) is 4.74. The number of alkyl halides is 1. The van der Waals surface area contributed by atoms with E-state index in [1.54, 1.807) is 25.1 Å². The Morgan fingerprint density at radius 2 is 2.25 bits per heavy atom. The number of hydrogen-bond donors (Lipinski definition) is 0. The van der Waals surface area contributed by atoms with Crippen molar-refractivity contribution in [2.45, 2.75) is 11.8 Å². The van der Waals surface area contributed by atoms with Crippen molar-refractivity contribution >= 4 is 33.5 Å². The minimum absolute atomic E-state index is 0.337. The maximum atomic E-state index is 11.6. The molecule has 5 heteroatoms. The maximum absolute atomic E-state index is 11.6. The topological polar surface area (TPSA) is 35.5 Å². The summed E-state index contributed by atoms with van der Waals surface area (Å²) in [6.07, 6.45) is 0. The zero-order chi connectivity index (χ0) is 12.1. The molecule has 1 rings (SSSR count). The standard InChI is InChI=1S/C11H12BrClO3/c1-3-16-11(14)10(12)8-6-7(13)4-5-9(8)15-2/h4-6,10H,3H2,1-2H3/t10-/m1/s1. The number of rotatable bonds is 4. The molecule has 0 saturated heterocycles. The highest BCUT2D eigenvalue weighted by atomic mass is 79.9. The van der Waals surface area contributed by atoms with Gasteiger partial charge in [0.05, 0.1) is 13.7 Å². The van der Waals surface area contributed by atoms with Gasteiger partial charge in [0, 0.05) is 10.6 Å². The van der Waals surface area contributed by atoms with Gasteiger partial charge in [-0.15, -0.1) is 0 Å². The van der Waals surface area contributed by atoms with Crippen LogP contribution < -0.4 is 4.74 Å². The van der Waals surface area contributed by atoms with E-state index in [9.17, 15) is 4.79 Å². The quantitative estimate of drug-likeness (QED) is 0.632. The molecule has 88 valence electrons. The summed E-state index contributed by atoms with van der Waals surface area (Å²) < 4.78 is 10.1. The number of benzene rings is 1. The van der Waals surface area contributed by atoms with Crippen LogP contribution in [0, 0.1) is 0 Å². The van der Waals surface area contributed by atoms with E-state index in [1.165, 1.54) is 7.11 Å². The second-order valence-electron chi connectivity index (χ2n) is 3.00. The molecule has 0 aliphatic carbocycles. The van der Waals surface area contributed by atoms with Crippen molar-refractivity contribution in [2.24, 2.45) is 0 Å². The van der Waals surface area contributed by atoms with Crippen LogP contribution in [0.2, 0.25) is 5.02 Å². The van der Waals surface area contributed by atoms with E-state index in [4.69, 9.17) is 21.1 Å². The van der Waals surface area contributed by atoms with Gasteiger partial charge < -0.3 is 9.47 Å². The van der Waals surface area contributed by atoms with Crippen molar-refractivity contribution in [1.29, 1.82) is 0 Å². The molecule has 0 aliphatic rings. The average molecular weight is 308 g/mol. The molecule has 0 spiro atoms. The Bertz CT molecular complexity index is 381. The molecular formula is C11H12BrClO3. The lowest BCUT2D eigenvalue weighted by atomic mass is 10.1. The Labute approximate surface area is 108 Å². The minimum atomic E-state index is -0.568. The van der Waals surface area contributed by atoms with Gasteiger partial charge in [-0.05, 0) is 25.1 Å². The molecule has 0 unspecified atom stereocenters. The third-order valence-electron chi connectivity index (χ3n) is 1.96. The SMILES string of the molecule is CCOC(=O)[C@H](Br)c1cc(Cl)ccc1OC. The van der Waals surface area contributed by atoms with E-state index in [1.807, 2.05) is 0 Å². The second kappa shape index (κ2) is 6.11. The van der Waals surface area contributed by atoms with Crippen LogP contribution in [-0.4, -0.2) is 19.7 Å². The number of methoxy groups -OCH3 is 1. The van der Waals surface area contributed by atoms with E-state index in [2.05, 4.69) is 15.9 Å². The van der Waals surface area contributed by atoms with Crippen molar-refractivity contribution < 1.29 is 14.3 Å². The number of ether oxygens (including phenoxy) is 2. The molecule has 0 aliphatic heterocycles. The fourth-order valence-electron chi connectivity index (χ4n) is 1.25. The lowest BCUT2D eigenvalue weighted by molar-refractivity contribution is -0.142. The second-order valence-corrected chi connectivity index (χ2v) is 4.35. The predicted molar refractivity (Wildman–Crippen MR) is 66.3 cm³/mol. The van der Waals surface area contributed by atoms with Gasteiger partial charge in [0.1, 0.15) is 10.6 Å². The minimum Gasteiger partial charge on any atom is -0.496 e. The number of carbonyl (C=O) groups is 1. The van der Waals surface area contributed by atoms with Gasteiger partial charge in [0.25, 0.3) is 0 Å². The normalized spacial score (nSPS) is 12.0. The molecule has 0 N–H and O–H groups in total. The third kappa shape index (κ3) is 3.12. The van der Waals surface area contributed by atoms with Crippen LogP contribution >= 0.6 is 27.5 Å². The molecule has 0 fully saturated rings. The fourth-order valence-corrected chi connectivity index (χ4v) is 1.92. The van der Waals surface area contributed by atoms with Crippen molar-refractivity contribution in [1.82, 2.24) is 0 Å². The van der Waals surface area contributed by atoms with Crippen LogP contribution in [0.5, 0.6) is 5.75 Å². The lowest BCUT2D eigenvalue weighted by Crippen LogP contribution is -2.11. The van der Waals surface area contributed by atoms with Crippen LogP contribution in [-0.2, 0) is 9.53 Å². The molecule has 0 saturated carbocycles. The highest BCUT2D eigenvalue weighted by Crippen LogP contribution is 2.34. The van der Waals surface area contributed by atoms with Gasteiger partial charge >= 0.3 is 5.97 Å². The summed E-state index contributed by atoms with van der Waals surface area (Å²) in [5, 5.41) is 0.546. The lowest BCUT2D eigenvalue weighted by Gasteiger charge is -2.13. The van der Waals surface area contributed by atoms with E-state index in [0.717, 1.165) is 0 Å². The predicted octanol–water partition coefficient (Wildman–Crippen LogP) is 3.35. The molecule has 1 atom stereocenters. The molecule has 0 aromatic heterocycles. The molecule has 3 nitrogen and oxygen atoms in total. The average Bonchev–Trinajstić information content (AvgIpc) is 2.28. The molecule has 0 bridgehead atoms. The first-order chi connectivity index (χ1) is 7.60. The Balaban J connectivity index is 3.01. The Morgan fingerprint density at radius 1 is 1.56 bits per heavy atom. The van der Waals surface area contributed by atoms with Crippen molar-refractivity contribution in [3.8, 4) is 5.75 Å². The van der Waals surface area contributed by atoms with E-state index >= 15 is 0 Å². The molecule has 0 heterocycles. The largest absolute Gasteiger partial charge is 0.496 e. The molecule has 1 aromatic carbocycles. The van der Waals surface area contributed by atoms with Crippen LogP contribution in [0.15, 0.2) is 18.2 Å². The van der Waals surface area contributed by atoms with Crippen molar-refractivity contribution in [3.63, 3.8) is 0 Å². The van der Waals surface area contributed by atoms with Crippen molar-refractivity contribution in [2.75, 3.05) is 13.7 Å². The summed E-state index contributed by atoms with van der Waals surface area (Å²) in [5.41, 5.74) is 0.661. The van der Waals surface area contributed by atoms with E-state index in [0.29, 0.717) is 22.9 Å². The Morgan fingerprint density at radius 3 is 2.81 bits per heavy atom. The van der Waals surface area contributed by atoms with Crippen molar-refractivity contribution in [3.05, 3.63) is 28.8 Å². The summed E-state index contributed by atoms with van der Waals surface area (Å²) >= 11 is 9.14. The number of carbonyl (C=O) groups excluding carboxylic acids is 1. The summed E-state index contributed by atoms with van der Waals surface area (Å²) in [6, 6.07) is 5.09. The van der Waals surface area contributed by atoms with E-state index < -0.39 is 4.83 Å². The van der Waals surface area contributed by atoms with Gasteiger partial charge in [-0.2, -0.15) is 0 Å². The van der Waals surface area contributed by atoms with E-state index in [-0.39, 0.29) is 5.97 Å². The van der Waals surface area contributed by atoms with Gasteiger partial charge in [-0.1, -0.05) is 27.5 Å². The fraction of sp³-hybridized carbons (Fsp3) is 0.364. The molecule has 0 amide bonds. The summed E-state index contributed by atoms with van der Waals surface area (Å²) in [5.74, 6) is 0.238. The zero-order valence-electron chi connectivity index (χ0n) is 9.00. The monoisotopic (exact) mass is 306 g/mol. The zero-order valence-corrected chi connectivity index (χ0v) is 11.3. The number of halogens is 2. The van der Waals surface area contributed by atoms with Gasteiger partial charge in [0.2, 0.25) is 0 Å². The smallest absolute Gasteiger partial charge is 0.324 e. The molecule has 1 aromatic rings. The third-order valence-corrected chi connectivity index (χ3v) is 3.06.